The van der Waals surface area contributed by atoms with Crippen LogP contribution in [0.5, 0.6) is 11.5 Å². The van der Waals surface area contributed by atoms with Crippen LogP contribution in [-0.2, 0) is 20.9 Å². The lowest BCUT2D eigenvalue weighted by Gasteiger charge is -2.21. The van der Waals surface area contributed by atoms with Gasteiger partial charge in [-0.25, -0.2) is 0 Å². The second-order valence-corrected chi connectivity index (χ2v) is 6.04. The SMILES string of the molecule is COC(=O)CCN(Cc1ccc(OC)cc1)C(=O)/C=C/c1cccc(OC)c1. The van der Waals surface area contributed by atoms with Crippen LogP contribution < -0.4 is 9.47 Å². The minimum atomic E-state index is -0.357. The molecular weight excluding hydrogens is 358 g/mol. The highest BCUT2D eigenvalue weighted by Crippen LogP contribution is 2.16. The maximum absolute atomic E-state index is 12.7. The maximum Gasteiger partial charge on any atom is 0.307 e. The van der Waals surface area contributed by atoms with E-state index < -0.39 is 0 Å². The molecule has 0 saturated carbocycles. The van der Waals surface area contributed by atoms with Crippen molar-refractivity contribution in [2.45, 2.75) is 13.0 Å². The van der Waals surface area contributed by atoms with Crippen LogP contribution in [-0.4, -0.2) is 44.7 Å². The van der Waals surface area contributed by atoms with Gasteiger partial charge in [0.25, 0.3) is 0 Å². The topological polar surface area (TPSA) is 65.1 Å². The highest BCUT2D eigenvalue weighted by Gasteiger charge is 2.14. The summed E-state index contributed by atoms with van der Waals surface area (Å²) in [4.78, 5) is 25.9. The molecule has 6 nitrogen and oxygen atoms in total. The van der Waals surface area contributed by atoms with Gasteiger partial charge in [-0.1, -0.05) is 24.3 Å². The molecule has 0 aromatic heterocycles. The van der Waals surface area contributed by atoms with E-state index in [0.717, 1.165) is 22.6 Å². The first-order valence-electron chi connectivity index (χ1n) is 8.86. The Kier molecular flexibility index (Phi) is 8.09. The van der Waals surface area contributed by atoms with Crippen molar-refractivity contribution >= 4 is 18.0 Å². The van der Waals surface area contributed by atoms with Crippen molar-refractivity contribution in [1.82, 2.24) is 4.90 Å². The molecule has 0 aliphatic heterocycles. The van der Waals surface area contributed by atoms with E-state index in [4.69, 9.17) is 14.2 Å². The van der Waals surface area contributed by atoms with Crippen molar-refractivity contribution in [3.05, 3.63) is 65.7 Å². The summed E-state index contributed by atoms with van der Waals surface area (Å²) in [5.41, 5.74) is 1.79. The van der Waals surface area contributed by atoms with Crippen LogP contribution >= 0.6 is 0 Å². The predicted molar refractivity (Wildman–Crippen MR) is 107 cm³/mol. The van der Waals surface area contributed by atoms with Gasteiger partial charge in [-0.2, -0.15) is 0 Å². The smallest absolute Gasteiger partial charge is 0.307 e. The number of hydrogen-bond donors (Lipinski definition) is 0. The van der Waals surface area contributed by atoms with Gasteiger partial charge >= 0.3 is 5.97 Å². The van der Waals surface area contributed by atoms with E-state index in [-0.39, 0.29) is 24.8 Å². The van der Waals surface area contributed by atoms with Crippen LogP contribution in [0.25, 0.3) is 6.08 Å². The average molecular weight is 383 g/mol. The molecule has 0 aliphatic rings. The van der Waals surface area contributed by atoms with Crippen LogP contribution in [0.4, 0.5) is 0 Å². The molecule has 28 heavy (non-hydrogen) atoms. The first-order valence-corrected chi connectivity index (χ1v) is 8.86. The molecule has 0 heterocycles. The predicted octanol–water partition coefficient (Wildman–Crippen LogP) is 3.31. The Morgan fingerprint density at radius 3 is 2.32 bits per heavy atom. The molecule has 0 N–H and O–H groups in total. The fourth-order valence-electron chi connectivity index (χ4n) is 2.56. The van der Waals surface area contributed by atoms with Crippen LogP contribution in [0.15, 0.2) is 54.6 Å². The van der Waals surface area contributed by atoms with Gasteiger partial charge in [-0.3, -0.25) is 9.59 Å². The molecule has 1 amide bonds. The molecule has 6 heteroatoms. The van der Waals surface area contributed by atoms with Crippen molar-refractivity contribution in [2.24, 2.45) is 0 Å². The Hall–Kier alpha value is -3.28. The Bertz CT molecular complexity index is 814. The third kappa shape index (κ3) is 6.46. The fourth-order valence-corrected chi connectivity index (χ4v) is 2.56. The lowest BCUT2D eigenvalue weighted by atomic mass is 10.1. The molecule has 2 rings (SSSR count). The van der Waals surface area contributed by atoms with Crippen molar-refractivity contribution in [3.63, 3.8) is 0 Å². The van der Waals surface area contributed by atoms with E-state index in [1.807, 2.05) is 48.5 Å². The minimum Gasteiger partial charge on any atom is -0.497 e. The number of benzene rings is 2. The molecule has 0 unspecified atom stereocenters. The number of hydrogen-bond acceptors (Lipinski definition) is 5. The number of carbonyl (C=O) groups excluding carboxylic acids is 2. The highest BCUT2D eigenvalue weighted by atomic mass is 16.5. The molecular formula is C22H25NO5. The molecule has 0 bridgehead atoms. The zero-order valence-electron chi connectivity index (χ0n) is 16.4. The summed E-state index contributed by atoms with van der Waals surface area (Å²) in [5.74, 6) is 0.913. The van der Waals surface area contributed by atoms with Crippen LogP contribution in [0, 0.1) is 0 Å². The Morgan fingerprint density at radius 1 is 0.964 bits per heavy atom. The van der Waals surface area contributed by atoms with Gasteiger partial charge in [-0.05, 0) is 41.5 Å². The summed E-state index contributed by atoms with van der Waals surface area (Å²) in [7, 11) is 4.53. The van der Waals surface area contributed by atoms with Crippen molar-refractivity contribution in [3.8, 4) is 11.5 Å². The Balaban J connectivity index is 2.12. The fraction of sp³-hybridized carbons (Fsp3) is 0.273. The Morgan fingerprint density at radius 2 is 1.68 bits per heavy atom. The minimum absolute atomic E-state index is 0.130. The number of esters is 1. The molecule has 0 aliphatic carbocycles. The summed E-state index contributed by atoms with van der Waals surface area (Å²) in [6.45, 7) is 0.641. The van der Waals surface area contributed by atoms with Gasteiger partial charge in [-0.15, -0.1) is 0 Å². The first kappa shape index (κ1) is 21.0. The summed E-state index contributed by atoms with van der Waals surface area (Å²) in [5, 5.41) is 0. The second kappa shape index (κ2) is 10.8. The molecule has 148 valence electrons. The zero-order chi connectivity index (χ0) is 20.4. The molecule has 0 radical (unpaired) electrons. The van der Waals surface area contributed by atoms with Gasteiger partial charge in [0, 0.05) is 19.2 Å². The number of methoxy groups -OCH3 is 3. The number of ether oxygens (including phenoxy) is 3. The number of rotatable bonds is 9. The van der Waals surface area contributed by atoms with Gasteiger partial charge in [0.1, 0.15) is 11.5 Å². The highest BCUT2D eigenvalue weighted by molar-refractivity contribution is 5.92. The molecule has 0 spiro atoms. The average Bonchev–Trinajstić information content (AvgIpc) is 2.75. The van der Waals surface area contributed by atoms with Crippen LogP contribution in [0.1, 0.15) is 17.5 Å². The maximum atomic E-state index is 12.7. The number of nitrogens with zero attached hydrogens (tertiary/aromatic N) is 1. The lowest BCUT2D eigenvalue weighted by molar-refractivity contribution is -0.141. The van der Waals surface area contributed by atoms with E-state index >= 15 is 0 Å². The van der Waals surface area contributed by atoms with Crippen LogP contribution in [0.3, 0.4) is 0 Å². The van der Waals surface area contributed by atoms with E-state index in [1.165, 1.54) is 13.2 Å². The molecule has 2 aromatic carbocycles. The van der Waals surface area contributed by atoms with Gasteiger partial charge in [0.2, 0.25) is 5.91 Å². The number of carbonyl (C=O) groups is 2. The lowest BCUT2D eigenvalue weighted by Crippen LogP contribution is -2.31. The third-order valence-electron chi connectivity index (χ3n) is 4.17. The van der Waals surface area contributed by atoms with E-state index in [2.05, 4.69) is 0 Å². The standard InChI is InChI=1S/C22H25NO5/c1-26-19-10-7-18(8-11-19)16-23(14-13-22(25)28-3)21(24)12-9-17-5-4-6-20(15-17)27-2/h4-12,15H,13-14,16H2,1-3H3/b12-9+. The number of amides is 1. The van der Waals surface area contributed by atoms with Crippen molar-refractivity contribution in [1.29, 1.82) is 0 Å². The van der Waals surface area contributed by atoms with E-state index in [0.29, 0.717) is 6.54 Å². The summed E-state index contributed by atoms with van der Waals surface area (Å²) in [6, 6.07) is 14.9. The largest absolute Gasteiger partial charge is 0.497 e. The molecule has 2 aromatic rings. The van der Waals surface area contributed by atoms with E-state index in [1.54, 1.807) is 25.2 Å². The van der Waals surface area contributed by atoms with Crippen molar-refractivity contribution in [2.75, 3.05) is 27.9 Å². The quantitative estimate of drug-likeness (QED) is 0.491. The first-order chi connectivity index (χ1) is 13.5. The second-order valence-electron chi connectivity index (χ2n) is 6.04. The molecule has 0 saturated heterocycles. The Labute approximate surface area is 165 Å². The van der Waals surface area contributed by atoms with E-state index in [9.17, 15) is 9.59 Å². The zero-order valence-corrected chi connectivity index (χ0v) is 16.4. The van der Waals surface area contributed by atoms with Crippen molar-refractivity contribution < 1.29 is 23.8 Å². The normalized spacial score (nSPS) is 10.5. The van der Waals surface area contributed by atoms with Gasteiger partial charge in [0.05, 0.1) is 27.8 Å². The molecule has 0 fully saturated rings. The third-order valence-corrected chi connectivity index (χ3v) is 4.17. The van der Waals surface area contributed by atoms with Gasteiger partial charge < -0.3 is 19.1 Å². The van der Waals surface area contributed by atoms with Gasteiger partial charge in [0.15, 0.2) is 0 Å². The molecule has 0 atom stereocenters. The monoisotopic (exact) mass is 383 g/mol. The summed E-state index contributed by atoms with van der Waals surface area (Å²) in [6.07, 6.45) is 3.35. The van der Waals surface area contributed by atoms with Crippen LogP contribution in [0.2, 0.25) is 0 Å². The summed E-state index contributed by atoms with van der Waals surface area (Å²) >= 11 is 0. The summed E-state index contributed by atoms with van der Waals surface area (Å²) < 4.78 is 15.0.